The second kappa shape index (κ2) is 4.49. The molecular formula is C12H9ClFNO. The lowest BCUT2D eigenvalue weighted by molar-refractivity contribution is 0.111. The Kier molecular flexibility index (Phi) is 3.06. The zero-order valence-electron chi connectivity index (χ0n) is 8.36. The van der Waals surface area contributed by atoms with Crippen molar-refractivity contribution in [1.82, 2.24) is 4.57 Å². The van der Waals surface area contributed by atoms with Gasteiger partial charge in [-0.05, 0) is 30.3 Å². The molecule has 1 heterocycles. The highest BCUT2D eigenvalue weighted by Crippen LogP contribution is 2.16. The predicted octanol–water partition coefficient (Wildman–Crippen LogP) is 3.14. The maximum absolute atomic E-state index is 13.4. The monoisotopic (exact) mass is 237 g/mol. The van der Waals surface area contributed by atoms with Crippen molar-refractivity contribution in [1.29, 1.82) is 0 Å². The minimum Gasteiger partial charge on any atom is -0.341 e. The summed E-state index contributed by atoms with van der Waals surface area (Å²) < 4.78 is 15.1. The highest BCUT2D eigenvalue weighted by atomic mass is 35.5. The van der Waals surface area contributed by atoms with Gasteiger partial charge in [-0.1, -0.05) is 11.6 Å². The standard InChI is InChI=1S/C12H9ClFNO/c13-10-3-4-12(14)9(6-10)7-15-5-1-2-11(15)8-16/h1-6,8H,7H2. The number of carbonyl (C=O) groups excluding carboxylic acids is 1. The van der Waals surface area contributed by atoms with E-state index in [0.717, 1.165) is 6.29 Å². The molecule has 0 fully saturated rings. The molecule has 0 aliphatic carbocycles. The highest BCUT2D eigenvalue weighted by Gasteiger charge is 2.06. The quantitative estimate of drug-likeness (QED) is 0.752. The number of halogens is 2. The largest absolute Gasteiger partial charge is 0.341 e. The van der Waals surface area contributed by atoms with Gasteiger partial charge in [0.15, 0.2) is 6.29 Å². The molecule has 16 heavy (non-hydrogen) atoms. The van der Waals surface area contributed by atoms with Crippen LogP contribution in [0.25, 0.3) is 0 Å². The molecule has 0 amide bonds. The predicted molar refractivity (Wildman–Crippen MR) is 60.3 cm³/mol. The number of rotatable bonds is 3. The maximum Gasteiger partial charge on any atom is 0.166 e. The molecule has 2 nitrogen and oxygen atoms in total. The molecule has 0 saturated carbocycles. The van der Waals surface area contributed by atoms with Gasteiger partial charge in [-0.2, -0.15) is 0 Å². The molecule has 2 rings (SSSR count). The number of carbonyl (C=O) groups is 1. The second-order valence-electron chi connectivity index (χ2n) is 3.41. The highest BCUT2D eigenvalue weighted by molar-refractivity contribution is 6.30. The van der Waals surface area contributed by atoms with E-state index in [1.807, 2.05) is 0 Å². The van der Waals surface area contributed by atoms with Crippen molar-refractivity contribution < 1.29 is 9.18 Å². The molecule has 0 N–H and O–H groups in total. The zero-order chi connectivity index (χ0) is 11.5. The summed E-state index contributed by atoms with van der Waals surface area (Å²) >= 11 is 5.79. The van der Waals surface area contributed by atoms with E-state index in [2.05, 4.69) is 0 Å². The fraction of sp³-hybridized carbons (Fsp3) is 0.0833. The molecule has 82 valence electrons. The van der Waals surface area contributed by atoms with Crippen molar-refractivity contribution in [3.63, 3.8) is 0 Å². The number of nitrogens with zero attached hydrogens (tertiary/aromatic N) is 1. The van der Waals surface area contributed by atoms with Gasteiger partial charge >= 0.3 is 0 Å². The van der Waals surface area contributed by atoms with E-state index >= 15 is 0 Å². The molecule has 0 aliphatic heterocycles. The van der Waals surface area contributed by atoms with Crippen LogP contribution in [-0.2, 0) is 6.54 Å². The number of aromatic nitrogens is 1. The molecule has 2 aromatic rings. The van der Waals surface area contributed by atoms with Crippen molar-refractivity contribution in [3.8, 4) is 0 Å². The van der Waals surface area contributed by atoms with Crippen LogP contribution >= 0.6 is 11.6 Å². The van der Waals surface area contributed by atoms with Gasteiger partial charge in [-0.15, -0.1) is 0 Å². The average Bonchev–Trinajstić information content (AvgIpc) is 2.71. The molecule has 0 spiro atoms. The molecule has 0 unspecified atom stereocenters. The smallest absolute Gasteiger partial charge is 0.166 e. The van der Waals surface area contributed by atoms with Gasteiger partial charge in [-0.25, -0.2) is 4.39 Å². The van der Waals surface area contributed by atoms with Crippen molar-refractivity contribution in [2.75, 3.05) is 0 Å². The van der Waals surface area contributed by atoms with E-state index in [0.29, 0.717) is 22.8 Å². The first-order valence-electron chi connectivity index (χ1n) is 4.75. The van der Waals surface area contributed by atoms with Crippen LogP contribution in [0.15, 0.2) is 36.5 Å². The Hall–Kier alpha value is -1.61. The lowest BCUT2D eigenvalue weighted by atomic mass is 10.2. The molecule has 1 aromatic heterocycles. The molecule has 0 atom stereocenters. The first-order chi connectivity index (χ1) is 7.70. The Morgan fingerprint density at radius 3 is 2.94 bits per heavy atom. The third kappa shape index (κ3) is 2.14. The topological polar surface area (TPSA) is 22.0 Å². The van der Waals surface area contributed by atoms with E-state index in [4.69, 9.17) is 11.6 Å². The summed E-state index contributed by atoms with van der Waals surface area (Å²) in [4.78, 5) is 10.7. The van der Waals surface area contributed by atoms with Crippen molar-refractivity contribution >= 4 is 17.9 Å². The third-order valence-corrected chi connectivity index (χ3v) is 2.57. The van der Waals surface area contributed by atoms with Crippen molar-refractivity contribution in [2.24, 2.45) is 0 Å². The van der Waals surface area contributed by atoms with Crippen LogP contribution in [0, 0.1) is 5.82 Å². The van der Waals surface area contributed by atoms with E-state index < -0.39 is 0 Å². The normalized spacial score (nSPS) is 10.4. The summed E-state index contributed by atoms with van der Waals surface area (Å²) in [5, 5.41) is 0.483. The lowest BCUT2D eigenvalue weighted by Gasteiger charge is -2.07. The second-order valence-corrected chi connectivity index (χ2v) is 3.85. The number of benzene rings is 1. The summed E-state index contributed by atoms with van der Waals surface area (Å²) in [6.45, 7) is 0.299. The zero-order valence-corrected chi connectivity index (χ0v) is 9.12. The fourth-order valence-electron chi connectivity index (χ4n) is 1.53. The first-order valence-corrected chi connectivity index (χ1v) is 5.13. The summed E-state index contributed by atoms with van der Waals surface area (Å²) in [7, 11) is 0. The van der Waals surface area contributed by atoms with Gasteiger partial charge in [0.1, 0.15) is 5.82 Å². The van der Waals surface area contributed by atoms with E-state index in [9.17, 15) is 9.18 Å². The Bertz CT molecular complexity index is 521. The summed E-state index contributed by atoms with van der Waals surface area (Å²) in [5.41, 5.74) is 0.978. The number of aldehydes is 1. The SMILES string of the molecule is O=Cc1cccn1Cc1cc(Cl)ccc1F. The van der Waals surface area contributed by atoms with Gasteiger partial charge < -0.3 is 4.57 Å². The van der Waals surface area contributed by atoms with Gasteiger partial charge in [0.2, 0.25) is 0 Å². The van der Waals surface area contributed by atoms with E-state index in [-0.39, 0.29) is 5.82 Å². The van der Waals surface area contributed by atoms with E-state index in [1.54, 1.807) is 29.0 Å². The molecule has 1 aromatic carbocycles. The Morgan fingerprint density at radius 2 is 2.19 bits per heavy atom. The Balaban J connectivity index is 2.33. The van der Waals surface area contributed by atoms with Crippen molar-refractivity contribution in [2.45, 2.75) is 6.54 Å². The summed E-state index contributed by atoms with van der Waals surface area (Å²) in [6.07, 6.45) is 2.46. The van der Waals surface area contributed by atoms with E-state index in [1.165, 1.54) is 12.1 Å². The van der Waals surface area contributed by atoms with Crippen LogP contribution in [0.2, 0.25) is 5.02 Å². The number of hydrogen-bond acceptors (Lipinski definition) is 1. The van der Waals surface area contributed by atoms with Crippen LogP contribution in [0.3, 0.4) is 0 Å². The fourth-order valence-corrected chi connectivity index (χ4v) is 1.72. The van der Waals surface area contributed by atoms with Gasteiger partial charge in [0.25, 0.3) is 0 Å². The van der Waals surface area contributed by atoms with Gasteiger partial charge in [0.05, 0.1) is 12.2 Å². The molecule has 0 saturated heterocycles. The van der Waals surface area contributed by atoms with Gasteiger partial charge in [-0.3, -0.25) is 4.79 Å². The number of hydrogen-bond donors (Lipinski definition) is 0. The third-order valence-electron chi connectivity index (χ3n) is 2.33. The minimum atomic E-state index is -0.324. The summed E-state index contributed by atoms with van der Waals surface area (Å²) in [6, 6.07) is 7.80. The first kappa shape index (κ1) is 10.9. The molecule has 4 heteroatoms. The lowest BCUT2D eigenvalue weighted by Crippen LogP contribution is -2.04. The van der Waals surface area contributed by atoms with Gasteiger partial charge in [0, 0.05) is 16.8 Å². The molecule has 0 radical (unpaired) electrons. The molecule has 0 aliphatic rings. The Labute approximate surface area is 97.3 Å². The van der Waals surface area contributed by atoms with Crippen LogP contribution < -0.4 is 0 Å². The molecule has 0 bridgehead atoms. The maximum atomic E-state index is 13.4. The average molecular weight is 238 g/mol. The summed E-state index contributed by atoms with van der Waals surface area (Å²) in [5.74, 6) is -0.324. The van der Waals surface area contributed by atoms with Crippen molar-refractivity contribution in [3.05, 3.63) is 58.6 Å². The van der Waals surface area contributed by atoms with Crippen LogP contribution in [0.5, 0.6) is 0 Å². The van der Waals surface area contributed by atoms with Crippen LogP contribution in [0.1, 0.15) is 16.1 Å². The Morgan fingerprint density at radius 1 is 1.38 bits per heavy atom. The minimum absolute atomic E-state index is 0.299. The van der Waals surface area contributed by atoms with Crippen LogP contribution in [-0.4, -0.2) is 10.9 Å². The van der Waals surface area contributed by atoms with Crippen LogP contribution in [0.4, 0.5) is 4.39 Å². The molecular weight excluding hydrogens is 229 g/mol.